The summed E-state index contributed by atoms with van der Waals surface area (Å²) in [7, 11) is -4.42. The smallest absolute Gasteiger partial charge is 0.387 e. The average molecular weight is 559 g/mol. The summed E-state index contributed by atoms with van der Waals surface area (Å²) in [5.41, 5.74) is 5.44. The summed E-state index contributed by atoms with van der Waals surface area (Å²) in [5, 5.41) is 25.5. The van der Waals surface area contributed by atoms with Gasteiger partial charge in [-0.25, -0.2) is 14.1 Å². The molecule has 0 aromatic carbocycles. The third-order valence-electron chi connectivity index (χ3n) is 6.93. The van der Waals surface area contributed by atoms with Gasteiger partial charge in [-0.15, -0.1) is 0 Å². The van der Waals surface area contributed by atoms with Gasteiger partial charge in [0, 0.05) is 6.61 Å². The van der Waals surface area contributed by atoms with Crippen LogP contribution in [0.3, 0.4) is 0 Å². The van der Waals surface area contributed by atoms with E-state index in [1.54, 1.807) is 19.1 Å². The van der Waals surface area contributed by atoms with Gasteiger partial charge < -0.3 is 30.3 Å². The maximum atomic E-state index is 12.3. The van der Waals surface area contributed by atoms with Crippen LogP contribution in [-0.4, -0.2) is 74.4 Å². The molecule has 12 nitrogen and oxygen atoms in total. The van der Waals surface area contributed by atoms with E-state index in [0.29, 0.717) is 17.8 Å². The van der Waals surface area contributed by atoms with Crippen LogP contribution in [0.1, 0.15) is 77.3 Å². The van der Waals surface area contributed by atoms with Crippen molar-refractivity contribution < 1.29 is 38.2 Å². The number of phosphoric ester groups is 1. The maximum absolute atomic E-state index is 12.3. The number of fused-ring (bicyclic) bond motifs is 1. The average Bonchev–Trinajstić information content (AvgIpc) is 3.42. The highest BCUT2D eigenvalue weighted by molar-refractivity contribution is 7.47. The molecule has 0 radical (unpaired) electrons. The van der Waals surface area contributed by atoms with Crippen molar-refractivity contribution in [3.05, 3.63) is 24.2 Å². The molecule has 1 unspecified atom stereocenters. The predicted molar refractivity (Wildman–Crippen MR) is 141 cm³/mol. The molecule has 2 aromatic rings. The van der Waals surface area contributed by atoms with Crippen molar-refractivity contribution in [1.29, 1.82) is 0 Å². The van der Waals surface area contributed by atoms with Crippen molar-refractivity contribution in [2.24, 2.45) is 0 Å². The highest BCUT2D eigenvalue weighted by Crippen LogP contribution is 2.46. The Bertz CT molecular complexity index is 1040. The molecule has 5 N–H and O–H groups in total. The maximum Gasteiger partial charge on any atom is 0.472 e. The second kappa shape index (κ2) is 14.7. The van der Waals surface area contributed by atoms with Gasteiger partial charge in [-0.3, -0.25) is 9.05 Å². The second-order valence-corrected chi connectivity index (χ2v) is 11.4. The molecule has 38 heavy (non-hydrogen) atoms. The van der Waals surface area contributed by atoms with Crippen molar-refractivity contribution in [2.45, 2.75) is 95.5 Å². The zero-order valence-corrected chi connectivity index (χ0v) is 23.3. The standard InChI is InChI=1S/C25H43N4O8P/c1-3-4-5-6-7-8-9-10-11-14-34-15-16-35-38(32,33)36-17-20-22(30)23(31)25(2,37-20)21-13-12-19-24(26)27-18-28-29(19)21/h12-13,18,20,22-23,30-31H,3-11,14-17H2,1-2H3,(H,32,33)(H2,26,27,28)/t20-,22-,23-,25+/m1/s1. The van der Waals surface area contributed by atoms with Crippen LogP contribution in [0.2, 0.25) is 0 Å². The van der Waals surface area contributed by atoms with Crippen LogP contribution in [0.5, 0.6) is 0 Å². The first kappa shape index (κ1) is 30.9. The number of phosphoric acid groups is 1. The lowest BCUT2D eigenvalue weighted by molar-refractivity contribution is -0.0889. The normalized spacial score (nSPS) is 25.2. The van der Waals surface area contributed by atoms with E-state index in [0.717, 1.165) is 12.8 Å². The predicted octanol–water partition coefficient (Wildman–Crippen LogP) is 3.33. The molecule has 3 heterocycles. The summed E-state index contributed by atoms with van der Waals surface area (Å²) in [5.74, 6) is 0.248. The van der Waals surface area contributed by atoms with E-state index in [1.807, 2.05) is 0 Å². The molecular weight excluding hydrogens is 515 g/mol. The number of unbranched alkanes of at least 4 members (excludes halogenated alkanes) is 8. The van der Waals surface area contributed by atoms with Gasteiger partial charge in [-0.1, -0.05) is 58.3 Å². The Hall–Kier alpha value is -1.63. The highest BCUT2D eigenvalue weighted by Gasteiger charge is 2.54. The lowest BCUT2D eigenvalue weighted by atomic mass is 9.93. The van der Waals surface area contributed by atoms with Gasteiger partial charge in [0.25, 0.3) is 0 Å². The topological polar surface area (TPSA) is 171 Å². The first-order valence-electron chi connectivity index (χ1n) is 13.5. The summed E-state index contributed by atoms with van der Waals surface area (Å²) in [6.07, 6.45) is 8.42. The van der Waals surface area contributed by atoms with E-state index in [-0.39, 0.29) is 19.0 Å². The van der Waals surface area contributed by atoms with Gasteiger partial charge >= 0.3 is 7.82 Å². The number of rotatable bonds is 18. The number of aliphatic hydroxyl groups is 2. The zero-order chi connectivity index (χ0) is 27.6. The molecule has 216 valence electrons. The van der Waals surface area contributed by atoms with E-state index >= 15 is 0 Å². The van der Waals surface area contributed by atoms with E-state index in [2.05, 4.69) is 17.0 Å². The number of anilines is 1. The Morgan fingerprint density at radius 3 is 2.45 bits per heavy atom. The van der Waals surface area contributed by atoms with Crippen LogP contribution in [-0.2, 0) is 28.7 Å². The summed E-state index contributed by atoms with van der Waals surface area (Å²) in [6, 6.07) is 3.34. The fourth-order valence-electron chi connectivity index (χ4n) is 4.69. The number of aromatic nitrogens is 3. The first-order valence-corrected chi connectivity index (χ1v) is 15.0. The van der Waals surface area contributed by atoms with Crippen molar-refractivity contribution in [3.8, 4) is 0 Å². The zero-order valence-electron chi connectivity index (χ0n) is 22.4. The fourth-order valence-corrected chi connectivity index (χ4v) is 5.40. The number of aliphatic hydroxyl groups excluding tert-OH is 2. The van der Waals surface area contributed by atoms with Crippen molar-refractivity contribution in [1.82, 2.24) is 14.6 Å². The molecule has 0 aliphatic carbocycles. The van der Waals surface area contributed by atoms with E-state index < -0.39 is 38.3 Å². The van der Waals surface area contributed by atoms with Crippen molar-refractivity contribution in [3.63, 3.8) is 0 Å². The molecular formula is C25H43N4O8P. The minimum atomic E-state index is -4.42. The van der Waals surface area contributed by atoms with E-state index in [4.69, 9.17) is 24.3 Å². The lowest BCUT2D eigenvalue weighted by Crippen LogP contribution is -2.39. The minimum Gasteiger partial charge on any atom is -0.387 e. The molecule has 1 fully saturated rings. The van der Waals surface area contributed by atoms with Crippen molar-refractivity contribution >= 4 is 19.2 Å². The molecule has 0 spiro atoms. The van der Waals surface area contributed by atoms with Gasteiger partial charge in [-0.05, 0) is 25.5 Å². The molecule has 0 bridgehead atoms. The van der Waals surface area contributed by atoms with E-state index in [1.165, 1.54) is 55.8 Å². The number of nitrogens with zero attached hydrogens (tertiary/aromatic N) is 3. The summed E-state index contributed by atoms with van der Waals surface area (Å²) < 4.78 is 35.2. The molecule has 0 saturated carbocycles. The monoisotopic (exact) mass is 558 g/mol. The molecule has 0 amide bonds. The molecule has 2 aromatic heterocycles. The van der Waals surface area contributed by atoms with Crippen LogP contribution in [0.25, 0.3) is 5.52 Å². The highest BCUT2D eigenvalue weighted by atomic mass is 31.2. The Kier molecular flexibility index (Phi) is 11.9. The Labute approximate surface area is 224 Å². The van der Waals surface area contributed by atoms with Crippen LogP contribution in [0, 0.1) is 0 Å². The van der Waals surface area contributed by atoms with Gasteiger partial charge in [-0.2, -0.15) is 5.10 Å². The number of hydrogen-bond donors (Lipinski definition) is 4. The largest absolute Gasteiger partial charge is 0.472 e. The third kappa shape index (κ3) is 8.19. The third-order valence-corrected chi connectivity index (χ3v) is 7.92. The SMILES string of the molecule is CCCCCCCCCCCOCCOP(=O)(O)OC[C@H]1O[C@@](C)(c2ccc3c(N)ncnn23)[C@H](O)[C@@H]1O. The molecule has 5 atom stereocenters. The molecule has 3 rings (SSSR count). The Balaban J connectivity index is 1.35. The minimum absolute atomic E-state index is 0.114. The van der Waals surface area contributed by atoms with Crippen molar-refractivity contribution in [2.75, 3.05) is 32.2 Å². The van der Waals surface area contributed by atoms with Crippen LogP contribution < -0.4 is 5.73 Å². The summed E-state index contributed by atoms with van der Waals surface area (Å²) >= 11 is 0. The quantitative estimate of drug-likeness (QED) is 0.156. The van der Waals surface area contributed by atoms with E-state index in [9.17, 15) is 19.7 Å². The summed E-state index contributed by atoms with van der Waals surface area (Å²) in [6.45, 7) is 3.95. The van der Waals surface area contributed by atoms with Crippen LogP contribution >= 0.6 is 7.82 Å². The number of hydrogen-bond acceptors (Lipinski definition) is 10. The number of nitrogen functional groups attached to an aromatic ring is 1. The Morgan fingerprint density at radius 2 is 1.74 bits per heavy atom. The second-order valence-electron chi connectivity index (χ2n) is 9.90. The number of ether oxygens (including phenoxy) is 2. The summed E-state index contributed by atoms with van der Waals surface area (Å²) in [4.78, 5) is 13.9. The molecule has 1 aliphatic heterocycles. The van der Waals surface area contributed by atoms with Gasteiger partial charge in [0.05, 0.1) is 25.5 Å². The van der Waals surface area contributed by atoms with Gasteiger partial charge in [0.1, 0.15) is 35.8 Å². The molecule has 1 saturated heterocycles. The Morgan fingerprint density at radius 1 is 1.05 bits per heavy atom. The molecule has 1 aliphatic rings. The van der Waals surface area contributed by atoms with Crippen LogP contribution in [0.15, 0.2) is 18.5 Å². The fraction of sp³-hybridized carbons (Fsp3) is 0.760. The van der Waals surface area contributed by atoms with Crippen LogP contribution in [0.4, 0.5) is 5.82 Å². The number of nitrogens with two attached hydrogens (primary N) is 1. The molecule has 13 heteroatoms. The van der Waals surface area contributed by atoms with Gasteiger partial charge in [0.2, 0.25) is 0 Å². The first-order chi connectivity index (χ1) is 18.2. The van der Waals surface area contributed by atoms with Gasteiger partial charge in [0.15, 0.2) is 5.82 Å². The lowest BCUT2D eigenvalue weighted by Gasteiger charge is -2.27.